The zero-order valence-electron chi connectivity index (χ0n) is 4.68. The van der Waals surface area contributed by atoms with Gasteiger partial charge >= 0.3 is 0 Å². The van der Waals surface area contributed by atoms with Gasteiger partial charge in [-0.15, -0.1) is 6.42 Å². The van der Waals surface area contributed by atoms with E-state index in [0.717, 1.165) is 0 Å². The molecule has 0 saturated carbocycles. The second kappa shape index (κ2) is 2.35. The van der Waals surface area contributed by atoms with Gasteiger partial charge < -0.3 is 5.11 Å². The zero-order valence-corrected chi connectivity index (χ0v) is 4.68. The summed E-state index contributed by atoms with van der Waals surface area (Å²) in [4.78, 5) is 0. The first-order chi connectivity index (χ1) is 3.62. The molecular weight excluding hydrogens is 102 g/mol. The number of hydrogen-bond donors (Lipinski definition) is 1. The lowest BCUT2D eigenvalue weighted by molar-refractivity contribution is 0.128. The van der Waals surface area contributed by atoms with Gasteiger partial charge in [-0.2, -0.15) is 5.26 Å². The number of hydrogen-bond acceptors (Lipinski definition) is 2. The molecule has 0 bridgehead atoms. The van der Waals surface area contributed by atoms with E-state index in [4.69, 9.17) is 16.8 Å². The van der Waals surface area contributed by atoms with Crippen LogP contribution >= 0.6 is 0 Å². The molecule has 0 aliphatic heterocycles. The third-order valence-electron chi connectivity index (χ3n) is 0.734. The lowest BCUT2D eigenvalue weighted by Gasteiger charge is -2.08. The van der Waals surface area contributed by atoms with Gasteiger partial charge in [-0.1, -0.05) is 5.92 Å². The van der Waals surface area contributed by atoms with Crippen molar-refractivity contribution in [3.63, 3.8) is 0 Å². The van der Waals surface area contributed by atoms with E-state index in [1.807, 2.05) is 0 Å². The Hall–Kier alpha value is -0.990. The van der Waals surface area contributed by atoms with Gasteiger partial charge in [0.05, 0.1) is 12.5 Å². The molecule has 0 rings (SSSR count). The lowest BCUT2D eigenvalue weighted by Crippen LogP contribution is -2.19. The van der Waals surface area contributed by atoms with Gasteiger partial charge in [0.15, 0.2) is 0 Å². The summed E-state index contributed by atoms with van der Waals surface area (Å²) in [5.74, 6) is 2.08. The second-order valence-electron chi connectivity index (χ2n) is 1.75. The van der Waals surface area contributed by atoms with E-state index in [1.165, 1.54) is 6.92 Å². The molecule has 0 aliphatic carbocycles. The Morgan fingerprint density at radius 3 is 2.50 bits per heavy atom. The first kappa shape index (κ1) is 7.01. The summed E-state index contributed by atoms with van der Waals surface area (Å²) in [6, 6.07) is 1.77. The van der Waals surface area contributed by atoms with Crippen molar-refractivity contribution in [3.8, 4) is 18.4 Å². The predicted molar refractivity (Wildman–Crippen MR) is 29.7 cm³/mol. The molecule has 0 amide bonds. The van der Waals surface area contributed by atoms with Gasteiger partial charge in [-0.3, -0.25) is 0 Å². The van der Waals surface area contributed by atoms with Crippen molar-refractivity contribution in [2.45, 2.75) is 18.9 Å². The van der Waals surface area contributed by atoms with Crippen LogP contribution in [-0.4, -0.2) is 10.7 Å². The molecule has 2 heteroatoms. The first-order valence-corrected chi connectivity index (χ1v) is 2.19. The molecule has 0 heterocycles. The molecule has 0 unspecified atom stereocenters. The molecular formula is C6H7NO. The van der Waals surface area contributed by atoms with Crippen molar-refractivity contribution in [2.75, 3.05) is 0 Å². The Labute approximate surface area is 48.8 Å². The van der Waals surface area contributed by atoms with E-state index < -0.39 is 5.60 Å². The maximum Gasteiger partial charge on any atom is 0.135 e. The fourth-order valence-electron chi connectivity index (χ4n) is 0.205. The summed E-state index contributed by atoms with van der Waals surface area (Å²) < 4.78 is 0. The molecule has 1 N–H and O–H groups in total. The van der Waals surface area contributed by atoms with Crippen LogP contribution in [0.4, 0.5) is 0 Å². The number of nitriles is 1. The van der Waals surface area contributed by atoms with Crippen LogP contribution in [0.2, 0.25) is 0 Å². The Morgan fingerprint density at radius 1 is 1.88 bits per heavy atom. The molecule has 0 aromatic heterocycles. The Balaban J connectivity index is 3.82. The van der Waals surface area contributed by atoms with Crippen LogP contribution in [0.1, 0.15) is 13.3 Å². The van der Waals surface area contributed by atoms with Crippen LogP contribution in [0, 0.1) is 23.7 Å². The highest BCUT2D eigenvalue weighted by molar-refractivity contribution is 5.07. The van der Waals surface area contributed by atoms with Crippen LogP contribution in [0.3, 0.4) is 0 Å². The third kappa shape index (κ3) is 2.23. The molecule has 0 fully saturated rings. The highest BCUT2D eigenvalue weighted by Gasteiger charge is 2.14. The molecule has 0 aromatic carbocycles. The van der Waals surface area contributed by atoms with E-state index >= 15 is 0 Å². The first-order valence-electron chi connectivity index (χ1n) is 2.19. The summed E-state index contributed by atoms with van der Waals surface area (Å²) in [6.07, 6.45) is 4.83. The van der Waals surface area contributed by atoms with E-state index in [2.05, 4.69) is 5.92 Å². The predicted octanol–water partition coefficient (Wildman–Crippen LogP) is 0.284. The highest BCUT2D eigenvalue weighted by Crippen LogP contribution is 2.03. The highest BCUT2D eigenvalue weighted by atomic mass is 16.3. The summed E-state index contributed by atoms with van der Waals surface area (Å²) in [6.45, 7) is 1.43. The summed E-state index contributed by atoms with van der Waals surface area (Å²) in [7, 11) is 0. The SMILES string of the molecule is C#C[C@](C)(O)CC#N. The minimum Gasteiger partial charge on any atom is -0.377 e. The summed E-state index contributed by atoms with van der Waals surface area (Å²) in [5.41, 5.74) is -1.24. The van der Waals surface area contributed by atoms with Gasteiger partial charge in [0.25, 0.3) is 0 Å². The van der Waals surface area contributed by atoms with E-state index in [-0.39, 0.29) is 6.42 Å². The van der Waals surface area contributed by atoms with Crippen molar-refractivity contribution in [3.05, 3.63) is 0 Å². The average Bonchev–Trinajstić information content (AvgIpc) is 1.67. The molecule has 2 nitrogen and oxygen atoms in total. The molecule has 0 saturated heterocycles. The van der Waals surface area contributed by atoms with E-state index in [1.54, 1.807) is 6.07 Å². The fourth-order valence-corrected chi connectivity index (χ4v) is 0.205. The van der Waals surface area contributed by atoms with Crippen molar-refractivity contribution in [1.29, 1.82) is 5.26 Å². The van der Waals surface area contributed by atoms with Gasteiger partial charge in [-0.05, 0) is 6.92 Å². The van der Waals surface area contributed by atoms with Crippen molar-refractivity contribution < 1.29 is 5.11 Å². The largest absolute Gasteiger partial charge is 0.377 e. The minimum absolute atomic E-state index is 0.0104. The molecule has 8 heavy (non-hydrogen) atoms. The maximum absolute atomic E-state index is 8.86. The molecule has 42 valence electrons. The van der Waals surface area contributed by atoms with Gasteiger partial charge in [0, 0.05) is 0 Å². The third-order valence-corrected chi connectivity index (χ3v) is 0.734. The molecule has 0 radical (unpaired) electrons. The molecule has 0 aliphatic rings. The lowest BCUT2D eigenvalue weighted by atomic mass is 10.1. The van der Waals surface area contributed by atoms with Crippen LogP contribution in [0.15, 0.2) is 0 Å². The van der Waals surface area contributed by atoms with Crippen molar-refractivity contribution in [1.82, 2.24) is 0 Å². The maximum atomic E-state index is 8.86. The second-order valence-corrected chi connectivity index (χ2v) is 1.75. The van der Waals surface area contributed by atoms with Gasteiger partial charge in [0.2, 0.25) is 0 Å². The zero-order chi connectivity index (χ0) is 6.62. The van der Waals surface area contributed by atoms with Gasteiger partial charge in [-0.25, -0.2) is 0 Å². The Bertz CT molecular complexity index is 147. The number of rotatable bonds is 1. The Kier molecular flexibility index (Phi) is 2.06. The van der Waals surface area contributed by atoms with Gasteiger partial charge in [0.1, 0.15) is 5.60 Å². The van der Waals surface area contributed by atoms with Crippen LogP contribution in [0.25, 0.3) is 0 Å². The fraction of sp³-hybridized carbons (Fsp3) is 0.500. The monoisotopic (exact) mass is 109 g/mol. The average molecular weight is 109 g/mol. The van der Waals surface area contributed by atoms with E-state index in [9.17, 15) is 0 Å². The summed E-state index contributed by atoms with van der Waals surface area (Å²) in [5, 5.41) is 16.9. The molecule has 0 spiro atoms. The van der Waals surface area contributed by atoms with Crippen molar-refractivity contribution in [2.24, 2.45) is 0 Å². The number of nitrogens with zero attached hydrogens (tertiary/aromatic N) is 1. The minimum atomic E-state index is -1.24. The quantitative estimate of drug-likeness (QED) is 0.491. The Morgan fingerprint density at radius 2 is 2.38 bits per heavy atom. The standard InChI is InChI=1S/C6H7NO/c1-3-6(2,8)4-5-7/h1,8H,4H2,2H3/t6-/m0/s1. The van der Waals surface area contributed by atoms with E-state index in [0.29, 0.717) is 0 Å². The molecule has 0 aromatic rings. The number of terminal acetylenes is 1. The molecule has 1 atom stereocenters. The van der Waals surface area contributed by atoms with Crippen molar-refractivity contribution >= 4 is 0 Å². The normalized spacial score (nSPS) is 15.5. The van der Waals surface area contributed by atoms with Crippen LogP contribution < -0.4 is 0 Å². The van der Waals surface area contributed by atoms with Crippen LogP contribution in [-0.2, 0) is 0 Å². The number of aliphatic hydroxyl groups is 1. The van der Waals surface area contributed by atoms with Crippen LogP contribution in [0.5, 0.6) is 0 Å². The summed E-state index contributed by atoms with van der Waals surface area (Å²) >= 11 is 0. The topological polar surface area (TPSA) is 44.0 Å². The smallest absolute Gasteiger partial charge is 0.135 e.